The summed E-state index contributed by atoms with van der Waals surface area (Å²) in [7, 11) is 1.73. The molecule has 11 nitrogen and oxygen atoms in total. The van der Waals surface area contributed by atoms with E-state index in [0.29, 0.717) is 39.2 Å². The molecule has 238 valence electrons. The Morgan fingerprint density at radius 3 is 2.46 bits per heavy atom. The number of carbonyl (C=O) groups excluding carboxylic acids is 1. The van der Waals surface area contributed by atoms with Crippen molar-refractivity contribution in [2.45, 2.75) is 32.2 Å². The minimum absolute atomic E-state index is 0.106. The molecule has 0 bridgehead atoms. The number of hydrogen-bond donors (Lipinski definition) is 1. The van der Waals surface area contributed by atoms with Crippen LogP contribution in [0.25, 0.3) is 22.3 Å². The maximum atomic E-state index is 14.7. The Kier molecular flexibility index (Phi) is 8.46. The van der Waals surface area contributed by atoms with Gasteiger partial charge in [0.15, 0.2) is 5.65 Å². The number of nitrogen functional groups attached to an aromatic ring is 1. The summed E-state index contributed by atoms with van der Waals surface area (Å²) in [5.41, 5.74) is 7.57. The van der Waals surface area contributed by atoms with E-state index in [4.69, 9.17) is 15.2 Å². The summed E-state index contributed by atoms with van der Waals surface area (Å²) in [6.45, 7) is 9.40. The number of nitrogens with zero attached hydrogens (tertiary/aromatic N) is 7. The van der Waals surface area contributed by atoms with Gasteiger partial charge in [-0.1, -0.05) is 18.2 Å². The molecule has 0 saturated carbocycles. The summed E-state index contributed by atoms with van der Waals surface area (Å²) in [5.74, 6) is 0.728. The van der Waals surface area contributed by atoms with E-state index in [1.54, 1.807) is 40.9 Å². The maximum Gasteiger partial charge on any atom is 0.264 e. The number of hydrogen-bond acceptors (Lipinski definition) is 9. The van der Waals surface area contributed by atoms with Gasteiger partial charge < -0.3 is 20.1 Å². The van der Waals surface area contributed by atoms with E-state index in [-0.39, 0.29) is 22.8 Å². The van der Waals surface area contributed by atoms with Gasteiger partial charge in [0.1, 0.15) is 46.8 Å². The van der Waals surface area contributed by atoms with Crippen LogP contribution < -0.4 is 10.5 Å². The van der Waals surface area contributed by atoms with E-state index in [1.165, 1.54) is 12.4 Å². The number of nitriles is 1. The van der Waals surface area contributed by atoms with E-state index in [9.17, 15) is 14.4 Å². The van der Waals surface area contributed by atoms with Gasteiger partial charge in [-0.15, -0.1) is 0 Å². The number of ether oxygens (including phenoxy) is 2. The molecular weight excluding hydrogens is 587 g/mol. The minimum Gasteiger partial charge on any atom is -0.457 e. The molecule has 7 rings (SSSR count). The second-order valence-electron chi connectivity index (χ2n) is 12.7. The molecule has 3 aliphatic heterocycles. The number of halogens is 1. The van der Waals surface area contributed by atoms with Gasteiger partial charge in [-0.2, -0.15) is 10.4 Å². The highest BCUT2D eigenvalue weighted by Gasteiger charge is 2.52. The van der Waals surface area contributed by atoms with Gasteiger partial charge in [-0.3, -0.25) is 9.69 Å². The van der Waals surface area contributed by atoms with Crippen molar-refractivity contribution in [2.24, 2.45) is 12.5 Å². The number of likely N-dealkylation sites (tertiary alicyclic amines) is 2. The first-order valence-electron chi connectivity index (χ1n) is 15.3. The van der Waals surface area contributed by atoms with Gasteiger partial charge in [-0.05, 0) is 57.0 Å². The zero-order valence-corrected chi connectivity index (χ0v) is 26.2. The lowest BCUT2D eigenvalue weighted by molar-refractivity contribution is -0.204. The first-order chi connectivity index (χ1) is 22.1. The largest absolute Gasteiger partial charge is 0.457 e. The van der Waals surface area contributed by atoms with Crippen LogP contribution in [-0.4, -0.2) is 80.4 Å². The molecule has 2 N–H and O–H groups in total. The number of anilines is 1. The molecule has 2 aromatic carbocycles. The molecule has 3 fully saturated rings. The topological polar surface area (TPSA) is 135 Å². The standard InChI is InChI=1S/C18H14FN5O.C16H23N3O2/c1-24-18-15(17(20)21-10-22-18)16(23-24)13-8-7-12(9-14(13)19)25-11-5-3-2-4-6-11;1-15(2,19-9-16(10-19)11-21-12-16)7-13(8-17)14(20)18-5-3-4-6-18/h2-10H,1H3,(H2,20,21,22);7H,3-6,9-12H2,1-2H3/b;13-7+. The second-order valence-corrected chi connectivity index (χ2v) is 12.7. The van der Waals surface area contributed by atoms with Crippen molar-refractivity contribution in [3.05, 3.63) is 72.3 Å². The van der Waals surface area contributed by atoms with Crippen LogP contribution in [0.3, 0.4) is 0 Å². The Hall–Kier alpha value is -4.86. The molecule has 0 radical (unpaired) electrons. The fourth-order valence-corrected chi connectivity index (χ4v) is 6.10. The molecule has 0 atom stereocenters. The SMILES string of the molecule is CC(C)(/C=C(\C#N)C(=O)N1CCCC1)N1CC2(COC2)C1.Cn1nc(-c2ccc(Oc3ccccc3)cc2F)c2c(N)ncnc21. The van der Waals surface area contributed by atoms with Crippen LogP contribution in [0.15, 0.2) is 66.5 Å². The molecule has 5 heterocycles. The summed E-state index contributed by atoms with van der Waals surface area (Å²) in [5, 5.41) is 14.2. The first-order valence-corrected chi connectivity index (χ1v) is 15.3. The molecule has 0 unspecified atom stereocenters. The summed E-state index contributed by atoms with van der Waals surface area (Å²) in [6.07, 6.45) is 5.29. The van der Waals surface area contributed by atoms with Gasteiger partial charge in [0.2, 0.25) is 0 Å². The van der Waals surface area contributed by atoms with Crippen LogP contribution >= 0.6 is 0 Å². The molecule has 2 aromatic heterocycles. The summed E-state index contributed by atoms with van der Waals surface area (Å²) in [6, 6.07) is 15.9. The van der Waals surface area contributed by atoms with E-state index < -0.39 is 5.82 Å². The molecule has 1 spiro atoms. The third kappa shape index (κ3) is 6.16. The Labute approximate surface area is 267 Å². The average molecular weight is 625 g/mol. The quantitative estimate of drug-likeness (QED) is 0.239. The van der Waals surface area contributed by atoms with Gasteiger partial charge in [0.25, 0.3) is 5.91 Å². The van der Waals surface area contributed by atoms with Crippen molar-refractivity contribution in [3.63, 3.8) is 0 Å². The highest BCUT2D eigenvalue weighted by atomic mass is 19.1. The van der Waals surface area contributed by atoms with Crippen molar-refractivity contribution in [2.75, 3.05) is 45.1 Å². The maximum absolute atomic E-state index is 14.7. The average Bonchev–Trinajstić information content (AvgIpc) is 3.64. The fourth-order valence-electron chi connectivity index (χ4n) is 6.10. The second kappa shape index (κ2) is 12.5. The Bertz CT molecular complexity index is 1810. The lowest BCUT2D eigenvalue weighted by atomic mass is 9.75. The zero-order chi connectivity index (χ0) is 32.5. The van der Waals surface area contributed by atoms with Gasteiger partial charge in [-0.25, -0.2) is 19.0 Å². The third-order valence-electron chi connectivity index (χ3n) is 8.75. The number of nitrogens with two attached hydrogens (primary N) is 1. The van der Waals surface area contributed by atoms with Crippen LogP contribution in [0.4, 0.5) is 10.2 Å². The molecule has 3 saturated heterocycles. The molecule has 46 heavy (non-hydrogen) atoms. The van der Waals surface area contributed by atoms with Crippen molar-refractivity contribution in [1.82, 2.24) is 29.5 Å². The van der Waals surface area contributed by atoms with Crippen molar-refractivity contribution < 1.29 is 18.7 Å². The van der Waals surface area contributed by atoms with E-state index in [0.717, 1.165) is 52.2 Å². The Balaban J connectivity index is 0.000000164. The van der Waals surface area contributed by atoms with E-state index >= 15 is 0 Å². The number of aryl methyl sites for hydroxylation is 1. The molecule has 1 amide bonds. The van der Waals surface area contributed by atoms with Gasteiger partial charge in [0, 0.05) is 55.8 Å². The van der Waals surface area contributed by atoms with Crippen LogP contribution in [-0.2, 0) is 16.6 Å². The number of amides is 1. The van der Waals surface area contributed by atoms with Crippen LogP contribution in [0.1, 0.15) is 26.7 Å². The van der Waals surface area contributed by atoms with E-state index in [1.807, 2.05) is 24.3 Å². The highest BCUT2D eigenvalue weighted by molar-refractivity contribution is 5.98. The fraction of sp³-hybridized carbons (Fsp3) is 0.382. The highest BCUT2D eigenvalue weighted by Crippen LogP contribution is 2.42. The Morgan fingerprint density at radius 2 is 1.83 bits per heavy atom. The van der Waals surface area contributed by atoms with Crippen LogP contribution in [0, 0.1) is 22.6 Å². The lowest BCUT2D eigenvalue weighted by Crippen LogP contribution is -2.70. The third-order valence-corrected chi connectivity index (χ3v) is 8.75. The summed E-state index contributed by atoms with van der Waals surface area (Å²) in [4.78, 5) is 24.6. The van der Waals surface area contributed by atoms with E-state index in [2.05, 4.69) is 39.9 Å². The molecule has 4 aromatic rings. The zero-order valence-electron chi connectivity index (χ0n) is 26.2. The van der Waals surface area contributed by atoms with Crippen molar-refractivity contribution >= 4 is 22.8 Å². The predicted octanol–water partition coefficient (Wildman–Crippen LogP) is 4.71. The number of rotatable bonds is 6. The molecule has 12 heteroatoms. The van der Waals surface area contributed by atoms with Gasteiger partial charge >= 0.3 is 0 Å². The minimum atomic E-state index is -0.461. The van der Waals surface area contributed by atoms with Crippen LogP contribution in [0.5, 0.6) is 11.5 Å². The first kappa shape index (κ1) is 31.1. The number of fused-ring (bicyclic) bond motifs is 1. The monoisotopic (exact) mass is 624 g/mol. The van der Waals surface area contributed by atoms with Crippen molar-refractivity contribution in [1.29, 1.82) is 5.26 Å². The van der Waals surface area contributed by atoms with Gasteiger partial charge in [0.05, 0.1) is 18.6 Å². The number of aromatic nitrogens is 4. The Morgan fingerprint density at radius 1 is 1.11 bits per heavy atom. The molecule has 0 aliphatic carbocycles. The summed E-state index contributed by atoms with van der Waals surface area (Å²) >= 11 is 0. The number of carbonyl (C=O) groups is 1. The van der Waals surface area contributed by atoms with Crippen LogP contribution in [0.2, 0.25) is 0 Å². The van der Waals surface area contributed by atoms with Crippen molar-refractivity contribution in [3.8, 4) is 28.8 Å². The normalized spacial score (nSPS) is 17.5. The predicted molar refractivity (Wildman–Crippen MR) is 171 cm³/mol. The summed E-state index contributed by atoms with van der Waals surface area (Å²) < 4.78 is 27.2. The number of para-hydroxylation sites is 1. The smallest absolute Gasteiger partial charge is 0.264 e. The molecular formula is C34H37FN8O3. The lowest BCUT2D eigenvalue weighted by Gasteiger charge is -2.59. The number of benzene rings is 2. The molecule has 3 aliphatic rings.